The second-order valence-electron chi connectivity index (χ2n) is 3.59. The van der Waals surface area contributed by atoms with Crippen molar-refractivity contribution >= 4 is 0 Å². The number of rotatable bonds is 2. The molecule has 0 N–H and O–H groups in total. The van der Waals surface area contributed by atoms with Crippen molar-refractivity contribution in [1.82, 2.24) is 24.9 Å². The zero-order valence-corrected chi connectivity index (χ0v) is 10.9. The van der Waals surface area contributed by atoms with Gasteiger partial charge in [0.1, 0.15) is 11.4 Å². The molecule has 0 spiro atoms. The molecule has 19 heavy (non-hydrogen) atoms. The van der Waals surface area contributed by atoms with Crippen molar-refractivity contribution in [3.63, 3.8) is 0 Å². The van der Waals surface area contributed by atoms with Gasteiger partial charge in [-0.2, -0.15) is 0 Å². The zero-order chi connectivity index (χ0) is 12.2. The number of hydrogen-bond acceptors (Lipinski definition) is 5. The Hall–Kier alpha value is -2.17. The molecule has 0 aliphatic carbocycles. The van der Waals surface area contributed by atoms with Gasteiger partial charge in [-0.3, -0.25) is 19.9 Å². The Morgan fingerprint density at radius 1 is 0.632 bits per heavy atom. The standard InChI is InChI=1S/C13H9N5.Fe/c1-2-10(12-8-14-4-6-16-12)18-11(3-1)13-9-15-5-7-17-13;/h1-9H;. The molecule has 0 saturated heterocycles. The molecule has 0 atom stereocenters. The summed E-state index contributed by atoms with van der Waals surface area (Å²) in [5.41, 5.74) is 3.02. The summed E-state index contributed by atoms with van der Waals surface area (Å²) in [5.74, 6) is 0. The number of pyridine rings is 1. The molecule has 3 aromatic heterocycles. The molecule has 0 bridgehead atoms. The number of nitrogens with zero attached hydrogens (tertiary/aromatic N) is 5. The van der Waals surface area contributed by atoms with E-state index in [0.29, 0.717) is 0 Å². The van der Waals surface area contributed by atoms with Gasteiger partial charge in [-0.25, -0.2) is 4.98 Å². The minimum absolute atomic E-state index is 0. The summed E-state index contributed by atoms with van der Waals surface area (Å²) in [5, 5.41) is 0. The van der Waals surface area contributed by atoms with Crippen LogP contribution in [-0.4, -0.2) is 24.9 Å². The van der Waals surface area contributed by atoms with Gasteiger partial charge in [0.25, 0.3) is 0 Å². The maximum atomic E-state index is 4.51. The molecule has 5 nitrogen and oxygen atoms in total. The van der Waals surface area contributed by atoms with Gasteiger partial charge in [0, 0.05) is 41.9 Å². The normalized spacial score (nSPS) is 9.68. The summed E-state index contributed by atoms with van der Waals surface area (Å²) in [6, 6.07) is 5.70. The molecule has 0 amide bonds. The second kappa shape index (κ2) is 6.13. The summed E-state index contributed by atoms with van der Waals surface area (Å²) in [6.07, 6.45) is 9.93. The topological polar surface area (TPSA) is 64.5 Å². The Morgan fingerprint density at radius 2 is 1.16 bits per heavy atom. The van der Waals surface area contributed by atoms with E-state index in [4.69, 9.17) is 0 Å². The second-order valence-corrected chi connectivity index (χ2v) is 3.59. The minimum atomic E-state index is 0. The van der Waals surface area contributed by atoms with E-state index in [1.54, 1.807) is 37.2 Å². The first-order valence-corrected chi connectivity index (χ1v) is 5.43. The first-order valence-electron chi connectivity index (χ1n) is 5.43. The van der Waals surface area contributed by atoms with Gasteiger partial charge >= 0.3 is 0 Å². The van der Waals surface area contributed by atoms with Crippen LogP contribution in [0.25, 0.3) is 22.8 Å². The summed E-state index contributed by atoms with van der Waals surface area (Å²) in [7, 11) is 0. The van der Waals surface area contributed by atoms with Gasteiger partial charge in [0.15, 0.2) is 0 Å². The van der Waals surface area contributed by atoms with Crippen LogP contribution in [0.2, 0.25) is 0 Å². The predicted molar refractivity (Wildman–Crippen MR) is 66.3 cm³/mol. The van der Waals surface area contributed by atoms with Gasteiger partial charge < -0.3 is 0 Å². The molecule has 0 unspecified atom stereocenters. The maximum Gasteiger partial charge on any atom is 0.107 e. The van der Waals surface area contributed by atoms with Gasteiger partial charge in [0.2, 0.25) is 0 Å². The first kappa shape index (κ1) is 13.3. The van der Waals surface area contributed by atoms with Crippen LogP contribution in [-0.2, 0) is 17.1 Å². The average Bonchev–Trinajstić information content (AvgIpc) is 2.49. The van der Waals surface area contributed by atoms with E-state index < -0.39 is 0 Å². The Kier molecular flexibility index (Phi) is 4.28. The van der Waals surface area contributed by atoms with E-state index in [1.807, 2.05) is 18.2 Å². The zero-order valence-electron chi connectivity index (χ0n) is 9.79. The third-order valence-electron chi connectivity index (χ3n) is 2.40. The molecule has 3 rings (SSSR count). The van der Waals surface area contributed by atoms with Gasteiger partial charge in [-0.1, -0.05) is 6.07 Å². The smallest absolute Gasteiger partial charge is 0.107 e. The largest absolute Gasteiger partial charge is 0.261 e. The Balaban J connectivity index is 0.00000133. The average molecular weight is 291 g/mol. The van der Waals surface area contributed by atoms with Crippen molar-refractivity contribution < 1.29 is 17.1 Å². The first-order chi connectivity index (χ1) is 8.93. The van der Waals surface area contributed by atoms with Crippen LogP contribution in [0.1, 0.15) is 0 Å². The van der Waals surface area contributed by atoms with Crippen molar-refractivity contribution in [2.24, 2.45) is 0 Å². The molecule has 0 radical (unpaired) electrons. The van der Waals surface area contributed by atoms with Gasteiger partial charge in [0.05, 0.1) is 23.8 Å². The molecular formula is C13H9FeN5. The molecule has 94 valence electrons. The van der Waals surface area contributed by atoms with E-state index in [2.05, 4.69) is 24.9 Å². The molecule has 3 heterocycles. The number of aromatic nitrogens is 5. The van der Waals surface area contributed by atoms with Crippen LogP contribution in [0.3, 0.4) is 0 Å². The quantitative estimate of drug-likeness (QED) is 0.676. The molecule has 0 fully saturated rings. The summed E-state index contributed by atoms with van der Waals surface area (Å²) in [4.78, 5) is 21.0. The predicted octanol–water partition coefficient (Wildman–Crippen LogP) is 1.99. The van der Waals surface area contributed by atoms with Crippen molar-refractivity contribution in [2.45, 2.75) is 0 Å². The minimum Gasteiger partial charge on any atom is -0.261 e. The van der Waals surface area contributed by atoms with Crippen LogP contribution in [0.4, 0.5) is 0 Å². The van der Waals surface area contributed by atoms with Gasteiger partial charge in [-0.05, 0) is 12.1 Å². The Labute approximate surface area is 120 Å². The van der Waals surface area contributed by atoms with Gasteiger partial charge in [-0.15, -0.1) is 0 Å². The molecule has 6 heteroatoms. The van der Waals surface area contributed by atoms with Crippen LogP contribution in [0, 0.1) is 0 Å². The fraction of sp³-hybridized carbons (Fsp3) is 0. The van der Waals surface area contributed by atoms with E-state index in [-0.39, 0.29) is 17.1 Å². The van der Waals surface area contributed by atoms with Crippen molar-refractivity contribution in [1.29, 1.82) is 0 Å². The van der Waals surface area contributed by atoms with Crippen LogP contribution < -0.4 is 0 Å². The van der Waals surface area contributed by atoms with Crippen LogP contribution in [0.5, 0.6) is 0 Å². The molecule has 0 aromatic carbocycles. The van der Waals surface area contributed by atoms with Crippen molar-refractivity contribution in [3.05, 3.63) is 55.4 Å². The fourth-order valence-corrected chi connectivity index (χ4v) is 1.58. The molecule has 0 saturated carbocycles. The Bertz CT molecular complexity index is 591. The van der Waals surface area contributed by atoms with E-state index in [0.717, 1.165) is 22.8 Å². The summed E-state index contributed by atoms with van der Waals surface area (Å²) < 4.78 is 0. The third-order valence-corrected chi connectivity index (χ3v) is 2.40. The molecule has 0 aliphatic heterocycles. The maximum absolute atomic E-state index is 4.51. The van der Waals surface area contributed by atoms with E-state index in [1.165, 1.54) is 0 Å². The fourth-order valence-electron chi connectivity index (χ4n) is 1.58. The van der Waals surface area contributed by atoms with Crippen LogP contribution >= 0.6 is 0 Å². The third kappa shape index (κ3) is 2.99. The van der Waals surface area contributed by atoms with Crippen molar-refractivity contribution in [2.75, 3.05) is 0 Å². The summed E-state index contributed by atoms with van der Waals surface area (Å²) >= 11 is 0. The molecular weight excluding hydrogens is 282 g/mol. The summed E-state index contributed by atoms with van der Waals surface area (Å²) in [6.45, 7) is 0. The van der Waals surface area contributed by atoms with Crippen LogP contribution in [0.15, 0.2) is 55.4 Å². The molecule has 0 aliphatic rings. The van der Waals surface area contributed by atoms with Crippen molar-refractivity contribution in [3.8, 4) is 22.8 Å². The van der Waals surface area contributed by atoms with E-state index >= 15 is 0 Å². The van der Waals surface area contributed by atoms with E-state index in [9.17, 15) is 0 Å². The number of hydrogen-bond donors (Lipinski definition) is 0. The molecule has 3 aromatic rings. The SMILES string of the molecule is [Fe].c1cc(-c2cnccn2)nc(-c2cnccn2)c1. The monoisotopic (exact) mass is 291 g/mol. The Morgan fingerprint density at radius 3 is 1.58 bits per heavy atom.